The lowest BCUT2D eigenvalue weighted by atomic mass is 10.1. The van der Waals surface area contributed by atoms with Gasteiger partial charge in [0.1, 0.15) is 5.82 Å². The van der Waals surface area contributed by atoms with E-state index >= 15 is 0 Å². The molecule has 0 fully saturated rings. The molecule has 0 aromatic carbocycles. The Bertz CT molecular complexity index is 308. The lowest BCUT2D eigenvalue weighted by molar-refractivity contribution is 0.578. The minimum atomic E-state index is 0.708. The Morgan fingerprint density at radius 3 is 3.31 bits per heavy atom. The van der Waals surface area contributed by atoms with E-state index < -0.39 is 0 Å². The van der Waals surface area contributed by atoms with Gasteiger partial charge in [-0.25, -0.2) is 0 Å². The first-order valence-electron chi connectivity index (χ1n) is 6.31. The molecule has 0 bridgehead atoms. The molecule has 0 saturated heterocycles. The normalized spacial score (nSPS) is 17.6. The molecule has 4 heteroatoms. The lowest BCUT2D eigenvalue weighted by Gasteiger charge is -2.08. The number of hydrogen-bond donors (Lipinski definition) is 2. The van der Waals surface area contributed by atoms with Crippen molar-refractivity contribution in [2.45, 2.75) is 39.8 Å². The van der Waals surface area contributed by atoms with Crippen molar-refractivity contribution in [3.8, 4) is 0 Å². The lowest BCUT2D eigenvalue weighted by Crippen LogP contribution is -2.12. The maximum atomic E-state index is 4.58. The number of aryl methyl sites for hydroxylation is 1. The van der Waals surface area contributed by atoms with Crippen LogP contribution < -0.4 is 10.6 Å². The zero-order valence-electron chi connectivity index (χ0n) is 10.3. The fourth-order valence-electron chi connectivity index (χ4n) is 1.87. The molecular weight excluding hydrogens is 200 g/mol. The second kappa shape index (κ2) is 5.34. The molecule has 1 aromatic heterocycles. The van der Waals surface area contributed by atoms with Crippen LogP contribution in [0.3, 0.4) is 0 Å². The predicted octanol–water partition coefficient (Wildman–Crippen LogP) is 1.83. The van der Waals surface area contributed by atoms with Crippen molar-refractivity contribution >= 4 is 5.82 Å². The third-order valence-electron chi connectivity index (χ3n) is 3.22. The highest BCUT2D eigenvalue weighted by Crippen LogP contribution is 2.13. The summed E-state index contributed by atoms with van der Waals surface area (Å²) in [6, 6.07) is 2.17. The molecule has 2 rings (SSSR count). The van der Waals surface area contributed by atoms with E-state index in [0.717, 1.165) is 32.0 Å². The zero-order chi connectivity index (χ0) is 11.4. The first kappa shape index (κ1) is 11.5. The Hall–Kier alpha value is -1.03. The van der Waals surface area contributed by atoms with E-state index in [2.05, 4.69) is 40.3 Å². The first-order valence-corrected chi connectivity index (χ1v) is 6.31. The second-order valence-corrected chi connectivity index (χ2v) is 4.67. The van der Waals surface area contributed by atoms with Crippen molar-refractivity contribution in [3.63, 3.8) is 0 Å². The molecule has 0 amide bonds. The summed E-state index contributed by atoms with van der Waals surface area (Å²) in [7, 11) is 0. The van der Waals surface area contributed by atoms with E-state index in [1.807, 2.05) is 0 Å². The highest BCUT2D eigenvalue weighted by Gasteiger charge is 2.10. The topological polar surface area (TPSA) is 41.9 Å². The van der Waals surface area contributed by atoms with Crippen molar-refractivity contribution in [2.75, 3.05) is 18.4 Å². The third kappa shape index (κ3) is 2.76. The first-order chi connectivity index (χ1) is 7.79. The van der Waals surface area contributed by atoms with Gasteiger partial charge < -0.3 is 10.6 Å². The largest absolute Gasteiger partial charge is 0.368 e. The van der Waals surface area contributed by atoms with Gasteiger partial charge in [-0.15, -0.1) is 0 Å². The summed E-state index contributed by atoms with van der Waals surface area (Å²) in [6.45, 7) is 8.57. The SMILES string of the molecule is CCC(C)CNc1cc2n(n1)CCCNC2. The van der Waals surface area contributed by atoms with E-state index in [-0.39, 0.29) is 0 Å². The Kier molecular flexibility index (Phi) is 3.83. The van der Waals surface area contributed by atoms with Gasteiger partial charge in [0.25, 0.3) is 0 Å². The highest BCUT2D eigenvalue weighted by atomic mass is 15.3. The molecule has 0 spiro atoms. The minimum absolute atomic E-state index is 0.708. The van der Waals surface area contributed by atoms with Crippen LogP contribution in [0.1, 0.15) is 32.4 Å². The van der Waals surface area contributed by atoms with Crippen LogP contribution in [0, 0.1) is 5.92 Å². The van der Waals surface area contributed by atoms with Crippen molar-refractivity contribution in [3.05, 3.63) is 11.8 Å². The molecule has 2 heterocycles. The van der Waals surface area contributed by atoms with Gasteiger partial charge in [0.15, 0.2) is 0 Å². The number of aromatic nitrogens is 2. The molecule has 90 valence electrons. The fraction of sp³-hybridized carbons (Fsp3) is 0.750. The van der Waals surface area contributed by atoms with E-state index in [9.17, 15) is 0 Å². The van der Waals surface area contributed by atoms with Gasteiger partial charge in [-0.1, -0.05) is 20.3 Å². The molecule has 4 nitrogen and oxygen atoms in total. The summed E-state index contributed by atoms with van der Waals surface area (Å²) >= 11 is 0. The van der Waals surface area contributed by atoms with Gasteiger partial charge in [0, 0.05) is 25.7 Å². The van der Waals surface area contributed by atoms with Gasteiger partial charge in [0.2, 0.25) is 0 Å². The van der Waals surface area contributed by atoms with Crippen LogP contribution in [0.2, 0.25) is 0 Å². The third-order valence-corrected chi connectivity index (χ3v) is 3.22. The number of hydrogen-bond acceptors (Lipinski definition) is 3. The van der Waals surface area contributed by atoms with Crippen molar-refractivity contribution in [1.82, 2.24) is 15.1 Å². The Morgan fingerprint density at radius 1 is 1.62 bits per heavy atom. The van der Waals surface area contributed by atoms with Crippen molar-refractivity contribution in [1.29, 1.82) is 0 Å². The van der Waals surface area contributed by atoms with Gasteiger partial charge in [-0.05, 0) is 18.9 Å². The fourth-order valence-corrected chi connectivity index (χ4v) is 1.87. The molecule has 1 atom stereocenters. The van der Waals surface area contributed by atoms with E-state index in [1.54, 1.807) is 0 Å². The zero-order valence-corrected chi connectivity index (χ0v) is 10.3. The molecule has 1 unspecified atom stereocenters. The maximum Gasteiger partial charge on any atom is 0.148 e. The van der Waals surface area contributed by atoms with Gasteiger partial charge in [0.05, 0.1) is 5.69 Å². The smallest absolute Gasteiger partial charge is 0.148 e. The molecular formula is C12H22N4. The Labute approximate surface area is 97.4 Å². The monoisotopic (exact) mass is 222 g/mol. The molecule has 1 aromatic rings. The Balaban J connectivity index is 1.96. The molecule has 1 aliphatic rings. The number of fused-ring (bicyclic) bond motifs is 1. The molecule has 1 aliphatic heterocycles. The molecule has 2 N–H and O–H groups in total. The standard InChI is InChI=1S/C12H22N4/c1-3-10(2)8-14-12-7-11-9-13-5-4-6-16(11)15-12/h7,10,13H,3-6,8-9H2,1-2H3,(H,14,15). The van der Waals surface area contributed by atoms with Crippen molar-refractivity contribution in [2.24, 2.45) is 5.92 Å². The van der Waals surface area contributed by atoms with Crippen LogP contribution in [0.15, 0.2) is 6.07 Å². The minimum Gasteiger partial charge on any atom is -0.368 e. The Morgan fingerprint density at radius 2 is 2.50 bits per heavy atom. The van der Waals surface area contributed by atoms with Crippen molar-refractivity contribution < 1.29 is 0 Å². The average Bonchev–Trinajstić information content (AvgIpc) is 2.56. The number of rotatable bonds is 4. The second-order valence-electron chi connectivity index (χ2n) is 4.67. The molecule has 0 aliphatic carbocycles. The van der Waals surface area contributed by atoms with Crippen LogP contribution in [0.25, 0.3) is 0 Å². The van der Waals surface area contributed by atoms with Gasteiger partial charge in [-0.2, -0.15) is 5.10 Å². The van der Waals surface area contributed by atoms with E-state index in [1.165, 1.54) is 18.5 Å². The summed E-state index contributed by atoms with van der Waals surface area (Å²) in [6.07, 6.45) is 2.38. The van der Waals surface area contributed by atoms with Gasteiger partial charge in [-0.3, -0.25) is 4.68 Å². The van der Waals surface area contributed by atoms with Crippen LogP contribution in [-0.4, -0.2) is 22.9 Å². The number of nitrogens with zero attached hydrogens (tertiary/aromatic N) is 2. The quantitative estimate of drug-likeness (QED) is 0.816. The number of nitrogens with one attached hydrogen (secondary N) is 2. The molecule has 0 radical (unpaired) electrons. The maximum absolute atomic E-state index is 4.58. The van der Waals surface area contributed by atoms with E-state index in [4.69, 9.17) is 0 Å². The summed E-state index contributed by atoms with van der Waals surface area (Å²) < 4.78 is 2.12. The average molecular weight is 222 g/mol. The van der Waals surface area contributed by atoms with Gasteiger partial charge >= 0.3 is 0 Å². The van der Waals surface area contributed by atoms with Crippen LogP contribution >= 0.6 is 0 Å². The summed E-state index contributed by atoms with van der Waals surface area (Å²) in [5.41, 5.74) is 1.30. The van der Waals surface area contributed by atoms with Crippen LogP contribution in [0.4, 0.5) is 5.82 Å². The summed E-state index contributed by atoms with van der Waals surface area (Å²) in [4.78, 5) is 0. The highest BCUT2D eigenvalue weighted by molar-refractivity contribution is 5.36. The van der Waals surface area contributed by atoms with Crippen LogP contribution in [-0.2, 0) is 13.1 Å². The predicted molar refractivity (Wildman–Crippen MR) is 66.5 cm³/mol. The molecule has 0 saturated carbocycles. The molecule has 16 heavy (non-hydrogen) atoms. The summed E-state index contributed by atoms with van der Waals surface area (Å²) in [5, 5.41) is 11.4. The van der Waals surface area contributed by atoms with Crippen LogP contribution in [0.5, 0.6) is 0 Å². The van der Waals surface area contributed by atoms with E-state index in [0.29, 0.717) is 5.92 Å². The number of anilines is 1. The summed E-state index contributed by atoms with van der Waals surface area (Å²) in [5.74, 6) is 1.73.